The SMILES string of the molecule is CCCN(CC)C(=O)Nc1ccc(C(C)=O)cc1. The summed E-state index contributed by atoms with van der Waals surface area (Å²) >= 11 is 0. The third-order valence-electron chi connectivity index (χ3n) is 2.71. The molecule has 4 nitrogen and oxygen atoms in total. The lowest BCUT2D eigenvalue weighted by atomic mass is 10.1. The molecule has 18 heavy (non-hydrogen) atoms. The van der Waals surface area contributed by atoms with Gasteiger partial charge in [-0.15, -0.1) is 0 Å². The minimum Gasteiger partial charge on any atom is -0.325 e. The van der Waals surface area contributed by atoms with Crippen LogP contribution >= 0.6 is 0 Å². The van der Waals surface area contributed by atoms with E-state index in [-0.39, 0.29) is 11.8 Å². The Hall–Kier alpha value is -1.84. The molecule has 4 heteroatoms. The van der Waals surface area contributed by atoms with Gasteiger partial charge in [-0.05, 0) is 44.5 Å². The third-order valence-corrected chi connectivity index (χ3v) is 2.71. The molecule has 1 aromatic carbocycles. The predicted octanol–water partition coefficient (Wildman–Crippen LogP) is 3.15. The van der Waals surface area contributed by atoms with E-state index in [9.17, 15) is 9.59 Å². The Morgan fingerprint density at radius 2 is 1.78 bits per heavy atom. The Morgan fingerprint density at radius 3 is 2.22 bits per heavy atom. The topological polar surface area (TPSA) is 49.4 Å². The smallest absolute Gasteiger partial charge is 0.321 e. The average molecular weight is 248 g/mol. The first-order valence-corrected chi connectivity index (χ1v) is 6.25. The molecule has 0 radical (unpaired) electrons. The van der Waals surface area contributed by atoms with Crippen LogP contribution in [0.2, 0.25) is 0 Å². The van der Waals surface area contributed by atoms with Crippen LogP contribution in [0.4, 0.5) is 10.5 Å². The first-order valence-electron chi connectivity index (χ1n) is 6.25. The zero-order chi connectivity index (χ0) is 13.5. The highest BCUT2D eigenvalue weighted by Crippen LogP contribution is 2.11. The summed E-state index contributed by atoms with van der Waals surface area (Å²) in [6.07, 6.45) is 0.935. The average Bonchev–Trinajstić information content (AvgIpc) is 2.36. The van der Waals surface area contributed by atoms with E-state index < -0.39 is 0 Å². The Kier molecular flexibility index (Phi) is 5.36. The number of benzene rings is 1. The van der Waals surface area contributed by atoms with Crippen LogP contribution in [-0.2, 0) is 0 Å². The van der Waals surface area contributed by atoms with Crippen LogP contribution in [0.25, 0.3) is 0 Å². The van der Waals surface area contributed by atoms with E-state index in [1.807, 2.05) is 13.8 Å². The molecule has 1 aromatic rings. The van der Waals surface area contributed by atoms with Gasteiger partial charge in [0.15, 0.2) is 5.78 Å². The van der Waals surface area contributed by atoms with Crippen LogP contribution in [0.3, 0.4) is 0 Å². The molecule has 98 valence electrons. The second kappa shape index (κ2) is 6.79. The summed E-state index contributed by atoms with van der Waals surface area (Å²) in [5.41, 5.74) is 1.36. The molecule has 1 N–H and O–H groups in total. The number of amides is 2. The Balaban J connectivity index is 2.66. The number of rotatable bonds is 5. The summed E-state index contributed by atoms with van der Waals surface area (Å²) in [7, 11) is 0. The number of nitrogens with zero attached hydrogens (tertiary/aromatic N) is 1. The number of hydrogen-bond donors (Lipinski definition) is 1. The molecule has 0 aliphatic rings. The summed E-state index contributed by atoms with van der Waals surface area (Å²) < 4.78 is 0. The highest BCUT2D eigenvalue weighted by atomic mass is 16.2. The molecule has 0 bridgehead atoms. The number of nitrogens with one attached hydrogen (secondary N) is 1. The second-order valence-corrected chi connectivity index (χ2v) is 4.14. The minimum absolute atomic E-state index is 0.0223. The Labute approximate surface area is 108 Å². The van der Waals surface area contributed by atoms with Gasteiger partial charge in [0.1, 0.15) is 0 Å². The van der Waals surface area contributed by atoms with Crippen molar-refractivity contribution in [1.82, 2.24) is 4.90 Å². The van der Waals surface area contributed by atoms with Gasteiger partial charge < -0.3 is 10.2 Å². The standard InChI is InChI=1S/C14H20N2O2/c1-4-10-16(5-2)14(18)15-13-8-6-12(7-9-13)11(3)17/h6-9H,4-5,10H2,1-3H3,(H,15,18). The maximum atomic E-state index is 11.9. The molecule has 0 atom stereocenters. The fourth-order valence-corrected chi connectivity index (χ4v) is 1.66. The van der Waals surface area contributed by atoms with Gasteiger partial charge >= 0.3 is 6.03 Å². The Bertz CT molecular complexity index is 412. The molecule has 0 unspecified atom stereocenters. The molecule has 0 fully saturated rings. The van der Waals surface area contributed by atoms with Crippen molar-refractivity contribution in [2.45, 2.75) is 27.2 Å². The van der Waals surface area contributed by atoms with Crippen molar-refractivity contribution < 1.29 is 9.59 Å². The van der Waals surface area contributed by atoms with Crippen molar-refractivity contribution in [2.75, 3.05) is 18.4 Å². The maximum absolute atomic E-state index is 11.9. The van der Waals surface area contributed by atoms with Crippen LogP contribution in [0.1, 0.15) is 37.6 Å². The first kappa shape index (κ1) is 14.2. The molecule has 0 heterocycles. The normalized spacial score (nSPS) is 9.94. The van der Waals surface area contributed by atoms with Gasteiger partial charge in [-0.2, -0.15) is 0 Å². The van der Waals surface area contributed by atoms with Crippen LogP contribution < -0.4 is 5.32 Å². The third kappa shape index (κ3) is 3.87. The molecule has 2 amide bonds. The summed E-state index contributed by atoms with van der Waals surface area (Å²) in [6, 6.07) is 6.82. The minimum atomic E-state index is -0.102. The van der Waals surface area contributed by atoms with Gasteiger partial charge in [0, 0.05) is 24.3 Å². The largest absolute Gasteiger partial charge is 0.325 e. The lowest BCUT2D eigenvalue weighted by Gasteiger charge is -2.20. The number of carbonyl (C=O) groups excluding carboxylic acids is 2. The number of Topliss-reactive ketones (excluding diaryl/α,β-unsaturated/α-hetero) is 1. The van der Waals surface area contributed by atoms with E-state index in [1.54, 1.807) is 29.2 Å². The van der Waals surface area contributed by atoms with Crippen molar-refractivity contribution in [3.63, 3.8) is 0 Å². The zero-order valence-corrected chi connectivity index (χ0v) is 11.2. The maximum Gasteiger partial charge on any atom is 0.321 e. The quantitative estimate of drug-likeness (QED) is 0.814. The number of ketones is 1. The van der Waals surface area contributed by atoms with E-state index in [0.717, 1.165) is 13.0 Å². The van der Waals surface area contributed by atoms with Crippen LogP contribution in [0.5, 0.6) is 0 Å². The van der Waals surface area contributed by atoms with Crippen molar-refractivity contribution >= 4 is 17.5 Å². The van der Waals surface area contributed by atoms with Crippen LogP contribution in [0.15, 0.2) is 24.3 Å². The lowest BCUT2D eigenvalue weighted by Crippen LogP contribution is -2.35. The van der Waals surface area contributed by atoms with E-state index in [2.05, 4.69) is 5.32 Å². The molecule has 0 saturated carbocycles. The number of urea groups is 1. The molecular weight excluding hydrogens is 228 g/mol. The van der Waals surface area contributed by atoms with Gasteiger partial charge in [-0.1, -0.05) is 6.92 Å². The van der Waals surface area contributed by atoms with Crippen molar-refractivity contribution in [3.8, 4) is 0 Å². The Morgan fingerprint density at radius 1 is 1.17 bits per heavy atom. The van der Waals surface area contributed by atoms with Gasteiger partial charge in [0.05, 0.1) is 0 Å². The van der Waals surface area contributed by atoms with Crippen molar-refractivity contribution in [3.05, 3.63) is 29.8 Å². The van der Waals surface area contributed by atoms with E-state index in [1.165, 1.54) is 6.92 Å². The van der Waals surface area contributed by atoms with E-state index in [0.29, 0.717) is 17.8 Å². The van der Waals surface area contributed by atoms with E-state index in [4.69, 9.17) is 0 Å². The monoisotopic (exact) mass is 248 g/mol. The van der Waals surface area contributed by atoms with Crippen LogP contribution in [-0.4, -0.2) is 29.8 Å². The highest BCUT2D eigenvalue weighted by Gasteiger charge is 2.10. The molecule has 0 saturated heterocycles. The van der Waals surface area contributed by atoms with Crippen LogP contribution in [0, 0.1) is 0 Å². The van der Waals surface area contributed by atoms with Gasteiger partial charge in [0.25, 0.3) is 0 Å². The zero-order valence-electron chi connectivity index (χ0n) is 11.2. The van der Waals surface area contributed by atoms with Crippen molar-refractivity contribution in [2.24, 2.45) is 0 Å². The molecule has 0 spiro atoms. The summed E-state index contributed by atoms with van der Waals surface area (Å²) in [4.78, 5) is 24.8. The van der Waals surface area contributed by atoms with Gasteiger partial charge in [-0.25, -0.2) is 4.79 Å². The highest BCUT2D eigenvalue weighted by molar-refractivity contribution is 5.95. The second-order valence-electron chi connectivity index (χ2n) is 4.14. The molecule has 0 aliphatic carbocycles. The molecule has 0 aliphatic heterocycles. The molecular formula is C14H20N2O2. The fourth-order valence-electron chi connectivity index (χ4n) is 1.66. The van der Waals surface area contributed by atoms with Gasteiger partial charge in [-0.3, -0.25) is 4.79 Å². The predicted molar refractivity (Wildman–Crippen MR) is 73.0 cm³/mol. The lowest BCUT2D eigenvalue weighted by molar-refractivity contribution is 0.101. The number of hydrogen-bond acceptors (Lipinski definition) is 2. The van der Waals surface area contributed by atoms with Crippen molar-refractivity contribution in [1.29, 1.82) is 0 Å². The van der Waals surface area contributed by atoms with Gasteiger partial charge in [0.2, 0.25) is 0 Å². The molecule has 0 aromatic heterocycles. The summed E-state index contributed by atoms with van der Waals surface area (Å²) in [5, 5.41) is 2.82. The van der Waals surface area contributed by atoms with E-state index >= 15 is 0 Å². The number of carbonyl (C=O) groups is 2. The fraction of sp³-hybridized carbons (Fsp3) is 0.429. The summed E-state index contributed by atoms with van der Waals surface area (Å²) in [6.45, 7) is 6.94. The number of anilines is 1. The summed E-state index contributed by atoms with van der Waals surface area (Å²) in [5.74, 6) is 0.0223. The first-order chi connectivity index (χ1) is 8.58. The molecule has 1 rings (SSSR count).